The van der Waals surface area contributed by atoms with Gasteiger partial charge >= 0.3 is 0 Å². The number of nitrogens with two attached hydrogens (primary N) is 2. The third-order valence-corrected chi connectivity index (χ3v) is 5.01. The van der Waals surface area contributed by atoms with Crippen LogP contribution in [-0.2, 0) is 11.3 Å². The lowest BCUT2D eigenvalue weighted by Gasteiger charge is -2.26. The molecule has 2 heterocycles. The summed E-state index contributed by atoms with van der Waals surface area (Å²) in [7, 11) is 0. The molecule has 5 N–H and O–H groups in total. The average molecular weight is 378 g/mol. The summed E-state index contributed by atoms with van der Waals surface area (Å²) in [5, 5.41) is 9.88. The Morgan fingerprint density at radius 1 is 1.21 bits per heavy atom. The van der Waals surface area contributed by atoms with Crippen LogP contribution in [0.1, 0.15) is 16.8 Å². The van der Waals surface area contributed by atoms with Gasteiger partial charge in [0.1, 0.15) is 5.69 Å². The van der Waals surface area contributed by atoms with Gasteiger partial charge in [-0.15, -0.1) is 0 Å². The number of hydrogen-bond donors (Lipinski definition) is 3. The SMILES string of the molecule is Cc1ccc2[nH]nc(/C(N)=C/N(N)c3ccc(CN4CCOCC4)cc3)c2c1. The maximum absolute atomic E-state index is 6.29. The number of rotatable bonds is 5. The number of nitrogens with one attached hydrogen (secondary N) is 1. The van der Waals surface area contributed by atoms with Crippen molar-refractivity contribution in [2.75, 3.05) is 31.3 Å². The highest BCUT2D eigenvalue weighted by Crippen LogP contribution is 2.22. The molecular weight excluding hydrogens is 352 g/mol. The molecule has 3 aromatic rings. The van der Waals surface area contributed by atoms with Gasteiger partial charge in [0.15, 0.2) is 0 Å². The van der Waals surface area contributed by atoms with Crippen LogP contribution >= 0.6 is 0 Å². The van der Waals surface area contributed by atoms with E-state index in [-0.39, 0.29) is 0 Å². The lowest BCUT2D eigenvalue weighted by Crippen LogP contribution is -2.35. The quantitative estimate of drug-likeness (QED) is 0.466. The lowest BCUT2D eigenvalue weighted by molar-refractivity contribution is 0.0342. The normalized spacial score (nSPS) is 15.9. The molecule has 28 heavy (non-hydrogen) atoms. The molecule has 0 spiro atoms. The third kappa shape index (κ3) is 4.01. The monoisotopic (exact) mass is 378 g/mol. The van der Waals surface area contributed by atoms with Crippen LogP contribution in [-0.4, -0.2) is 41.4 Å². The molecule has 0 bridgehead atoms. The number of nitrogens with zero attached hydrogens (tertiary/aromatic N) is 3. The molecule has 1 fully saturated rings. The fourth-order valence-electron chi connectivity index (χ4n) is 3.42. The van der Waals surface area contributed by atoms with Gasteiger partial charge in [-0.1, -0.05) is 23.8 Å². The highest BCUT2D eigenvalue weighted by molar-refractivity contribution is 5.90. The predicted molar refractivity (Wildman–Crippen MR) is 112 cm³/mol. The summed E-state index contributed by atoms with van der Waals surface area (Å²) in [6, 6.07) is 14.3. The van der Waals surface area contributed by atoms with Crippen LogP contribution in [0.25, 0.3) is 16.6 Å². The summed E-state index contributed by atoms with van der Waals surface area (Å²) < 4.78 is 5.40. The summed E-state index contributed by atoms with van der Waals surface area (Å²) >= 11 is 0. The number of H-pyrrole nitrogens is 1. The Balaban J connectivity index is 1.48. The molecule has 2 aromatic carbocycles. The van der Waals surface area contributed by atoms with Crippen LogP contribution in [0.5, 0.6) is 0 Å². The number of aromatic amines is 1. The van der Waals surface area contributed by atoms with Gasteiger partial charge in [0.05, 0.1) is 30.1 Å². The molecular formula is C21H26N6O. The number of ether oxygens (including phenoxy) is 1. The van der Waals surface area contributed by atoms with Crippen molar-refractivity contribution in [2.45, 2.75) is 13.5 Å². The maximum atomic E-state index is 6.29. The molecule has 7 nitrogen and oxygen atoms in total. The summed E-state index contributed by atoms with van der Waals surface area (Å²) in [6.45, 7) is 6.52. The molecule has 7 heteroatoms. The van der Waals surface area contributed by atoms with Gasteiger partial charge in [-0.05, 0) is 36.8 Å². The highest BCUT2D eigenvalue weighted by Gasteiger charge is 2.12. The Hall–Kier alpha value is -2.87. The van der Waals surface area contributed by atoms with Crippen LogP contribution < -0.4 is 16.6 Å². The Morgan fingerprint density at radius 3 is 2.71 bits per heavy atom. The molecule has 0 radical (unpaired) electrons. The van der Waals surface area contributed by atoms with Gasteiger partial charge in [0.2, 0.25) is 0 Å². The van der Waals surface area contributed by atoms with E-state index in [1.807, 2.05) is 31.2 Å². The van der Waals surface area contributed by atoms with Crippen LogP contribution in [0, 0.1) is 6.92 Å². The van der Waals surface area contributed by atoms with Crippen molar-refractivity contribution in [2.24, 2.45) is 11.6 Å². The van der Waals surface area contributed by atoms with Crippen LogP contribution in [0.15, 0.2) is 48.7 Å². The van der Waals surface area contributed by atoms with E-state index in [1.165, 1.54) is 10.6 Å². The number of benzene rings is 2. The molecule has 1 saturated heterocycles. The predicted octanol–water partition coefficient (Wildman–Crippen LogP) is 2.34. The summed E-state index contributed by atoms with van der Waals surface area (Å²) in [4.78, 5) is 2.39. The molecule has 1 aliphatic heterocycles. The van der Waals surface area contributed by atoms with E-state index in [4.69, 9.17) is 16.3 Å². The first-order chi connectivity index (χ1) is 13.6. The fourth-order valence-corrected chi connectivity index (χ4v) is 3.42. The molecule has 146 valence electrons. The van der Waals surface area contributed by atoms with Crippen molar-refractivity contribution in [3.05, 3.63) is 65.5 Å². The maximum Gasteiger partial charge on any atom is 0.117 e. The second-order valence-corrected chi connectivity index (χ2v) is 7.17. The zero-order chi connectivity index (χ0) is 19.5. The van der Waals surface area contributed by atoms with Crippen LogP contribution in [0.4, 0.5) is 5.69 Å². The van der Waals surface area contributed by atoms with Crippen molar-refractivity contribution in [1.29, 1.82) is 0 Å². The van der Waals surface area contributed by atoms with Gasteiger partial charge in [0, 0.05) is 31.2 Å². The Labute approximate surface area is 164 Å². The molecule has 0 atom stereocenters. The van der Waals surface area contributed by atoms with Gasteiger partial charge in [-0.25, -0.2) is 5.84 Å². The summed E-state index contributed by atoms with van der Waals surface area (Å²) in [6.07, 6.45) is 1.70. The van der Waals surface area contributed by atoms with E-state index in [1.54, 1.807) is 6.20 Å². The number of fused-ring (bicyclic) bond motifs is 1. The summed E-state index contributed by atoms with van der Waals surface area (Å²) in [5.74, 6) is 6.22. The second kappa shape index (κ2) is 8.02. The third-order valence-electron chi connectivity index (χ3n) is 5.01. The van der Waals surface area contributed by atoms with E-state index in [9.17, 15) is 0 Å². The first kappa shape index (κ1) is 18.5. The number of aromatic nitrogens is 2. The smallest absolute Gasteiger partial charge is 0.117 e. The standard InChI is InChI=1S/C21H26N6O/c1-15-2-7-20-18(12-15)21(25-24-20)19(22)14-27(23)17-5-3-16(4-6-17)13-26-8-10-28-11-9-26/h2-7,12,14H,8-11,13,22-23H2,1H3,(H,24,25)/b19-14-. The first-order valence-electron chi connectivity index (χ1n) is 9.45. The zero-order valence-electron chi connectivity index (χ0n) is 16.1. The molecule has 0 saturated carbocycles. The second-order valence-electron chi connectivity index (χ2n) is 7.17. The van der Waals surface area contributed by atoms with Gasteiger partial charge in [-0.2, -0.15) is 5.10 Å². The minimum atomic E-state index is 0.511. The molecule has 0 unspecified atom stereocenters. The molecule has 0 aliphatic carbocycles. The molecule has 4 rings (SSSR count). The van der Waals surface area contributed by atoms with E-state index in [2.05, 4.69) is 33.3 Å². The van der Waals surface area contributed by atoms with E-state index in [0.29, 0.717) is 11.4 Å². The van der Waals surface area contributed by atoms with Crippen molar-refractivity contribution >= 4 is 22.3 Å². The van der Waals surface area contributed by atoms with Gasteiger partial charge < -0.3 is 10.5 Å². The number of aryl methyl sites for hydroxylation is 1. The Bertz CT molecular complexity index is 972. The minimum absolute atomic E-state index is 0.511. The van der Waals surface area contributed by atoms with E-state index >= 15 is 0 Å². The average Bonchev–Trinajstić information content (AvgIpc) is 3.12. The van der Waals surface area contributed by atoms with Crippen LogP contribution in [0.2, 0.25) is 0 Å². The number of morpholine rings is 1. The van der Waals surface area contributed by atoms with E-state index < -0.39 is 0 Å². The van der Waals surface area contributed by atoms with Gasteiger partial charge in [-0.3, -0.25) is 15.0 Å². The molecule has 0 amide bonds. The lowest BCUT2D eigenvalue weighted by atomic mass is 10.1. The van der Waals surface area contributed by atoms with Crippen molar-refractivity contribution in [1.82, 2.24) is 15.1 Å². The Kier molecular flexibility index (Phi) is 5.29. The van der Waals surface area contributed by atoms with Crippen molar-refractivity contribution in [3.63, 3.8) is 0 Å². The summed E-state index contributed by atoms with van der Waals surface area (Å²) in [5.41, 5.74) is 11.7. The van der Waals surface area contributed by atoms with Gasteiger partial charge in [0.25, 0.3) is 0 Å². The van der Waals surface area contributed by atoms with Crippen molar-refractivity contribution < 1.29 is 4.74 Å². The largest absolute Gasteiger partial charge is 0.396 e. The topological polar surface area (TPSA) is 96.4 Å². The fraction of sp³-hybridized carbons (Fsp3) is 0.286. The highest BCUT2D eigenvalue weighted by atomic mass is 16.5. The number of hydrogen-bond acceptors (Lipinski definition) is 6. The van der Waals surface area contributed by atoms with Crippen molar-refractivity contribution in [3.8, 4) is 0 Å². The van der Waals surface area contributed by atoms with E-state index in [0.717, 1.165) is 55.0 Å². The zero-order valence-corrected chi connectivity index (χ0v) is 16.1. The van der Waals surface area contributed by atoms with Crippen LogP contribution in [0.3, 0.4) is 0 Å². The first-order valence-corrected chi connectivity index (χ1v) is 9.45. The Morgan fingerprint density at radius 2 is 1.96 bits per heavy atom. The molecule has 1 aromatic heterocycles. The number of anilines is 1. The molecule has 1 aliphatic rings. The minimum Gasteiger partial charge on any atom is -0.396 e. The number of hydrazine groups is 1.